The molecule has 0 amide bonds. The first-order valence-corrected chi connectivity index (χ1v) is 24.7. The lowest BCUT2D eigenvalue weighted by atomic mass is 9.95. The minimum absolute atomic E-state index is 0.0252. The van der Waals surface area contributed by atoms with Crippen molar-refractivity contribution in [1.82, 2.24) is 0 Å². The number of carbonyl (C=O) groups is 2. The second-order valence-corrected chi connectivity index (χ2v) is 21.3. The first kappa shape index (κ1) is 45.8. The Morgan fingerprint density at radius 1 is 0.556 bits per heavy atom. The van der Waals surface area contributed by atoms with Crippen LogP contribution in [0.3, 0.4) is 0 Å². The molecule has 54 heavy (non-hydrogen) atoms. The van der Waals surface area contributed by atoms with Gasteiger partial charge in [0.2, 0.25) is 0 Å². The summed E-state index contributed by atoms with van der Waals surface area (Å²) in [5.74, 6) is 3.99. The molecule has 3 aromatic rings. The fraction of sp³-hybridized carbons (Fsp3) is 0.463. The van der Waals surface area contributed by atoms with E-state index in [0.29, 0.717) is 16.7 Å². The number of thioether (sulfide) groups is 2. The van der Waals surface area contributed by atoms with Crippen LogP contribution in [0.2, 0.25) is 12.1 Å². The van der Waals surface area contributed by atoms with Crippen LogP contribution in [-0.2, 0) is 26.6 Å². The third-order valence-electron chi connectivity index (χ3n) is 9.26. The van der Waals surface area contributed by atoms with Crippen molar-refractivity contribution in [2.24, 2.45) is 0 Å². The molecule has 0 aliphatic carbocycles. The number of rotatable bonds is 29. The Bertz CT molecular complexity index is 1470. The van der Waals surface area contributed by atoms with Gasteiger partial charge in [0.1, 0.15) is 0 Å². The van der Waals surface area contributed by atoms with Crippen molar-refractivity contribution in [2.75, 3.05) is 83.7 Å². The maximum Gasteiger partial charge on any atom is 0.500 e. The molecule has 0 saturated carbocycles. The third kappa shape index (κ3) is 15.2. The van der Waals surface area contributed by atoms with Crippen LogP contribution in [0.15, 0.2) is 91.0 Å². The van der Waals surface area contributed by atoms with Crippen molar-refractivity contribution in [3.8, 4) is 0 Å². The summed E-state index contributed by atoms with van der Waals surface area (Å²) in [4.78, 5) is 29.1. The molecule has 0 aliphatic heterocycles. The molecule has 0 fully saturated rings. The number of Topliss-reactive ketones (excluding diaryl/α,β-unsaturated/α-hetero) is 1. The summed E-state index contributed by atoms with van der Waals surface area (Å²) < 4.78 is 33.4. The normalized spacial score (nSPS) is 12.2. The lowest BCUT2D eigenvalue weighted by Gasteiger charge is -2.26. The van der Waals surface area contributed by atoms with Crippen LogP contribution in [0.25, 0.3) is 5.57 Å². The molecule has 0 N–H and O–H groups in total. The lowest BCUT2D eigenvalue weighted by molar-refractivity contribution is 0.0998. The molecular formula is C41H59NO8S2Si2. The van der Waals surface area contributed by atoms with Crippen LogP contribution >= 0.6 is 23.5 Å². The van der Waals surface area contributed by atoms with Crippen molar-refractivity contribution < 1.29 is 36.1 Å². The fourth-order valence-corrected chi connectivity index (χ4v) is 11.8. The largest absolute Gasteiger partial charge is 0.500 e. The van der Waals surface area contributed by atoms with Gasteiger partial charge in [-0.1, -0.05) is 72.8 Å². The summed E-state index contributed by atoms with van der Waals surface area (Å²) in [6.45, 7) is 1.85. The van der Waals surface area contributed by atoms with Gasteiger partial charge in [-0.05, 0) is 78.0 Å². The molecule has 3 rings (SSSR count). The smallest absolute Gasteiger partial charge is 0.377 e. The molecule has 0 heterocycles. The highest BCUT2D eigenvalue weighted by Crippen LogP contribution is 2.26. The molecule has 0 atom stereocenters. The standard InChI is InChI=1S/C41H59NO8S2Si2/c1-45-53(46-2,47-3)31-15-29-51-27-13-25-42(26-14-28-52-30-16-32-54(48-4,49-5)50-6)39-23-21-35(22-24-39)38(33-40(43)36-17-9-7-10-18-36)34-41(44)37-19-11-8-12-20-37/h7-12,17-24,33H,13-16,25-32,34H2,1-6H3/b38-33+. The number of hydrogen-bond acceptors (Lipinski definition) is 11. The Hall–Kier alpha value is -2.57. The molecule has 13 heteroatoms. The van der Waals surface area contributed by atoms with Crippen LogP contribution in [-0.4, -0.2) is 108 Å². The number of anilines is 1. The Balaban J connectivity index is 1.69. The maximum atomic E-state index is 13.3. The first-order valence-electron chi connectivity index (χ1n) is 18.5. The Kier molecular flexibility index (Phi) is 21.7. The van der Waals surface area contributed by atoms with Gasteiger partial charge < -0.3 is 31.5 Å². The second-order valence-electron chi connectivity index (χ2n) is 12.6. The fourth-order valence-electron chi connectivity index (χ4n) is 6.05. The van der Waals surface area contributed by atoms with E-state index in [-0.39, 0.29) is 18.0 Å². The van der Waals surface area contributed by atoms with Crippen LogP contribution in [0.1, 0.15) is 58.4 Å². The number of nitrogens with zero attached hydrogens (tertiary/aromatic N) is 1. The third-order valence-corrected chi connectivity index (χ3v) is 17.2. The van der Waals surface area contributed by atoms with E-state index in [9.17, 15) is 9.59 Å². The van der Waals surface area contributed by atoms with Gasteiger partial charge in [0.05, 0.1) is 0 Å². The van der Waals surface area contributed by atoms with E-state index in [4.69, 9.17) is 26.6 Å². The topological polar surface area (TPSA) is 92.8 Å². The van der Waals surface area contributed by atoms with Gasteiger partial charge >= 0.3 is 17.6 Å². The summed E-state index contributed by atoms with van der Waals surface area (Å²) in [7, 11) is 4.89. The summed E-state index contributed by atoms with van der Waals surface area (Å²) in [5.41, 5.74) is 3.92. The molecule has 296 valence electrons. The van der Waals surface area contributed by atoms with Crippen molar-refractivity contribution in [1.29, 1.82) is 0 Å². The number of allylic oxidation sites excluding steroid dienone is 2. The second kappa shape index (κ2) is 25.6. The van der Waals surface area contributed by atoms with Gasteiger partial charge in [0, 0.05) is 91.1 Å². The maximum absolute atomic E-state index is 13.3. The van der Waals surface area contributed by atoms with E-state index in [0.717, 1.165) is 85.1 Å². The Morgan fingerprint density at radius 2 is 0.981 bits per heavy atom. The van der Waals surface area contributed by atoms with Gasteiger partial charge in [-0.15, -0.1) is 0 Å². The highest BCUT2D eigenvalue weighted by molar-refractivity contribution is 7.99. The van der Waals surface area contributed by atoms with Gasteiger partial charge in [-0.3, -0.25) is 9.59 Å². The average Bonchev–Trinajstić information content (AvgIpc) is 3.23. The highest BCUT2D eigenvalue weighted by atomic mass is 32.2. The molecule has 3 aromatic carbocycles. The Morgan fingerprint density at radius 3 is 1.43 bits per heavy atom. The van der Waals surface area contributed by atoms with Gasteiger partial charge in [-0.2, -0.15) is 23.5 Å². The van der Waals surface area contributed by atoms with Crippen LogP contribution in [0, 0.1) is 0 Å². The molecule has 9 nitrogen and oxygen atoms in total. The number of carbonyl (C=O) groups excluding carboxylic acids is 2. The molecule has 0 aromatic heterocycles. The number of ketones is 2. The summed E-state index contributed by atoms with van der Waals surface area (Å²) >= 11 is 3.89. The molecule has 0 bridgehead atoms. The predicted octanol–water partition coefficient (Wildman–Crippen LogP) is 8.82. The van der Waals surface area contributed by atoms with E-state index in [2.05, 4.69) is 17.0 Å². The monoisotopic (exact) mass is 813 g/mol. The lowest BCUT2D eigenvalue weighted by Crippen LogP contribution is -2.42. The summed E-state index contributed by atoms with van der Waals surface area (Å²) in [6, 6.07) is 28.4. The van der Waals surface area contributed by atoms with Crippen LogP contribution in [0.4, 0.5) is 5.69 Å². The SMILES string of the molecule is CO[Si](CCCSCCCN(CCCSCCC[Si](OC)(OC)OC)c1ccc(/C(=C/C(=O)c2ccccc2)CC(=O)c2ccccc2)cc1)(OC)OC. The summed E-state index contributed by atoms with van der Waals surface area (Å²) in [6.07, 6.45) is 5.79. The zero-order valence-corrected chi connectivity index (χ0v) is 36.5. The van der Waals surface area contributed by atoms with Crippen molar-refractivity contribution in [2.45, 2.75) is 44.2 Å². The Labute approximate surface area is 334 Å². The minimum Gasteiger partial charge on any atom is -0.377 e. The molecule has 0 aliphatic rings. The molecule has 0 saturated heterocycles. The van der Waals surface area contributed by atoms with E-state index < -0.39 is 17.6 Å². The molecular weight excluding hydrogens is 755 g/mol. The molecule has 0 spiro atoms. The molecule has 0 unspecified atom stereocenters. The predicted molar refractivity (Wildman–Crippen MR) is 229 cm³/mol. The zero-order valence-electron chi connectivity index (χ0n) is 32.9. The van der Waals surface area contributed by atoms with Crippen molar-refractivity contribution in [3.63, 3.8) is 0 Å². The minimum atomic E-state index is -2.54. The average molecular weight is 814 g/mol. The van der Waals surface area contributed by atoms with E-state index >= 15 is 0 Å². The van der Waals surface area contributed by atoms with E-state index in [1.54, 1.807) is 60.9 Å². The van der Waals surface area contributed by atoms with E-state index in [1.165, 1.54) is 0 Å². The van der Waals surface area contributed by atoms with Gasteiger partial charge in [-0.25, -0.2) is 0 Å². The van der Waals surface area contributed by atoms with Gasteiger partial charge in [0.15, 0.2) is 11.6 Å². The quantitative estimate of drug-likeness (QED) is 0.0292. The van der Waals surface area contributed by atoms with Crippen molar-refractivity contribution >= 4 is 64.0 Å². The van der Waals surface area contributed by atoms with Crippen molar-refractivity contribution in [3.05, 3.63) is 108 Å². The first-order chi connectivity index (χ1) is 26.3. The number of hydrogen-bond donors (Lipinski definition) is 0. The summed E-state index contributed by atoms with van der Waals surface area (Å²) in [5, 5.41) is 0. The number of benzene rings is 3. The van der Waals surface area contributed by atoms with E-state index in [1.807, 2.05) is 84.2 Å². The van der Waals surface area contributed by atoms with Gasteiger partial charge in [0.25, 0.3) is 0 Å². The zero-order chi connectivity index (χ0) is 39.1. The highest BCUT2D eigenvalue weighted by Gasteiger charge is 2.37. The van der Waals surface area contributed by atoms with Crippen LogP contribution < -0.4 is 4.90 Å². The molecule has 0 radical (unpaired) electrons. The van der Waals surface area contributed by atoms with Crippen LogP contribution in [0.5, 0.6) is 0 Å².